The normalized spacial score (nSPS) is 22.1. The van der Waals surface area contributed by atoms with Gasteiger partial charge >= 0.3 is 6.09 Å². The van der Waals surface area contributed by atoms with Crippen LogP contribution in [0.4, 0.5) is 9.18 Å². The number of nitrogens with two attached hydrogens (primary N) is 1. The summed E-state index contributed by atoms with van der Waals surface area (Å²) in [7, 11) is 0. The van der Waals surface area contributed by atoms with E-state index in [0.29, 0.717) is 10.0 Å². The van der Waals surface area contributed by atoms with Gasteiger partial charge in [0.15, 0.2) is 5.41 Å². The summed E-state index contributed by atoms with van der Waals surface area (Å²) in [4.78, 5) is 14.1. The number of amides is 1. The van der Waals surface area contributed by atoms with Crippen molar-refractivity contribution in [3.63, 3.8) is 0 Å². The number of rotatable bonds is 1. The van der Waals surface area contributed by atoms with Gasteiger partial charge in [-0.25, -0.2) is 9.18 Å². The molecule has 2 N–H and O–H groups in total. The zero-order valence-corrected chi connectivity index (χ0v) is 19.4. The summed E-state index contributed by atoms with van der Waals surface area (Å²) >= 11 is 3.31. The van der Waals surface area contributed by atoms with E-state index in [0.717, 1.165) is 0 Å². The van der Waals surface area contributed by atoms with Gasteiger partial charge in [-0.15, -0.1) is 0 Å². The van der Waals surface area contributed by atoms with Crippen LogP contribution < -0.4 is 5.73 Å². The van der Waals surface area contributed by atoms with Gasteiger partial charge in [0.25, 0.3) is 0 Å². The number of nitriles is 3. The lowest BCUT2D eigenvalue weighted by Crippen LogP contribution is -2.50. The maximum atomic E-state index is 15.0. The zero-order chi connectivity index (χ0) is 23.8. The Kier molecular flexibility index (Phi) is 6.05. The molecule has 1 heterocycles. The number of hydrogen-bond donors (Lipinski definition) is 1. The molecule has 9 heteroatoms. The summed E-state index contributed by atoms with van der Waals surface area (Å²) in [6, 6.07) is 10.1. The van der Waals surface area contributed by atoms with Crippen molar-refractivity contribution in [2.45, 2.75) is 32.3 Å². The van der Waals surface area contributed by atoms with Gasteiger partial charge in [0.05, 0.1) is 23.4 Å². The third-order valence-electron chi connectivity index (χ3n) is 5.61. The number of hydrogen-bond acceptors (Lipinski definition) is 6. The molecule has 0 unspecified atom stereocenters. The number of nitrogens with zero attached hydrogens (tertiary/aromatic N) is 4. The van der Waals surface area contributed by atoms with Crippen molar-refractivity contribution >= 4 is 22.0 Å². The smallest absolute Gasteiger partial charge is 0.410 e. The molecule has 0 aromatic heterocycles. The van der Waals surface area contributed by atoms with Gasteiger partial charge in [-0.1, -0.05) is 22.0 Å². The molecule has 7 nitrogen and oxygen atoms in total. The minimum atomic E-state index is -1.99. The maximum Gasteiger partial charge on any atom is 0.410 e. The lowest BCUT2D eigenvalue weighted by Gasteiger charge is -2.45. The first-order valence-electron chi connectivity index (χ1n) is 9.85. The number of ether oxygens (including phenoxy) is 1. The number of benzene rings is 1. The first-order chi connectivity index (χ1) is 15.0. The molecule has 1 amide bonds. The Labute approximate surface area is 194 Å². The number of allylic oxidation sites excluding steroid dienone is 2. The Balaban J connectivity index is 2.24. The Morgan fingerprint density at radius 3 is 2.53 bits per heavy atom. The average Bonchev–Trinajstić information content (AvgIpc) is 2.73. The highest BCUT2D eigenvalue weighted by atomic mass is 79.9. The molecule has 32 heavy (non-hydrogen) atoms. The van der Waals surface area contributed by atoms with Crippen LogP contribution in [0.25, 0.3) is 0 Å². The van der Waals surface area contributed by atoms with Crippen LogP contribution in [-0.4, -0.2) is 29.7 Å². The molecule has 0 spiro atoms. The summed E-state index contributed by atoms with van der Waals surface area (Å²) in [6.45, 7) is 5.40. The first kappa shape index (κ1) is 23.3. The summed E-state index contributed by atoms with van der Waals surface area (Å²) in [6.07, 6.45) is 1.08. The first-order valence-corrected chi connectivity index (χ1v) is 10.6. The van der Waals surface area contributed by atoms with Gasteiger partial charge < -0.3 is 15.4 Å². The Morgan fingerprint density at radius 2 is 1.97 bits per heavy atom. The van der Waals surface area contributed by atoms with E-state index in [-0.39, 0.29) is 29.9 Å². The van der Waals surface area contributed by atoms with Gasteiger partial charge in [-0.2, -0.15) is 15.8 Å². The van der Waals surface area contributed by atoms with E-state index in [4.69, 9.17) is 10.5 Å². The number of fused-ring (bicyclic) bond motifs is 1. The van der Waals surface area contributed by atoms with E-state index >= 15 is 4.39 Å². The summed E-state index contributed by atoms with van der Waals surface area (Å²) in [5.74, 6) is -2.39. The third kappa shape index (κ3) is 3.83. The van der Waals surface area contributed by atoms with Gasteiger partial charge in [0.2, 0.25) is 0 Å². The monoisotopic (exact) mass is 497 g/mol. The topological polar surface area (TPSA) is 127 Å². The van der Waals surface area contributed by atoms with E-state index in [1.54, 1.807) is 26.8 Å². The van der Waals surface area contributed by atoms with Crippen molar-refractivity contribution in [1.29, 1.82) is 15.8 Å². The molecule has 1 aliphatic heterocycles. The van der Waals surface area contributed by atoms with Crippen LogP contribution in [0, 0.1) is 51.1 Å². The van der Waals surface area contributed by atoms with Crippen LogP contribution in [0.15, 0.2) is 45.6 Å². The van der Waals surface area contributed by atoms with Crippen molar-refractivity contribution in [3.8, 4) is 18.2 Å². The number of carbonyl (C=O) groups is 1. The number of halogens is 2. The SMILES string of the molecule is CC(C)(C)OC(=O)N1CC=C2C(C#N)=C(N)C(C#N)(C#N)[C@@H](c3cc(Br)ccc3F)[C@@H]2C1. The second-order valence-electron chi connectivity index (χ2n) is 8.73. The number of carbonyl (C=O) groups excluding carboxylic acids is 1. The van der Waals surface area contributed by atoms with Gasteiger partial charge in [0.1, 0.15) is 17.5 Å². The van der Waals surface area contributed by atoms with Crippen LogP contribution in [-0.2, 0) is 4.74 Å². The maximum absolute atomic E-state index is 15.0. The van der Waals surface area contributed by atoms with E-state index in [1.807, 2.05) is 18.2 Å². The highest BCUT2D eigenvalue weighted by molar-refractivity contribution is 9.10. The third-order valence-corrected chi connectivity index (χ3v) is 6.10. The minimum Gasteiger partial charge on any atom is -0.444 e. The molecular formula is C23H21BrFN5O2. The fourth-order valence-electron chi connectivity index (χ4n) is 4.25. The quantitative estimate of drug-likeness (QED) is 0.617. The predicted octanol–water partition coefficient (Wildman–Crippen LogP) is 4.25. The lowest BCUT2D eigenvalue weighted by atomic mass is 9.58. The van der Waals surface area contributed by atoms with E-state index < -0.39 is 34.8 Å². The minimum absolute atomic E-state index is 0.0218. The van der Waals surface area contributed by atoms with E-state index in [1.165, 1.54) is 23.1 Å². The van der Waals surface area contributed by atoms with E-state index in [2.05, 4.69) is 15.9 Å². The molecule has 0 bridgehead atoms. The summed E-state index contributed by atoms with van der Waals surface area (Å²) < 4.78 is 21.0. The molecule has 1 aliphatic carbocycles. The largest absolute Gasteiger partial charge is 0.444 e. The molecule has 164 valence electrons. The Bertz CT molecular complexity index is 1150. The van der Waals surface area contributed by atoms with Crippen LogP contribution in [0.2, 0.25) is 0 Å². The molecule has 1 aromatic rings. The fraction of sp³-hybridized carbons (Fsp3) is 0.391. The molecule has 0 fully saturated rings. The molecule has 0 radical (unpaired) electrons. The fourth-order valence-corrected chi connectivity index (χ4v) is 4.63. The average molecular weight is 498 g/mol. The van der Waals surface area contributed by atoms with Crippen molar-refractivity contribution in [3.05, 3.63) is 57.0 Å². The molecule has 0 saturated heterocycles. The van der Waals surface area contributed by atoms with Crippen LogP contribution in [0.3, 0.4) is 0 Å². The zero-order valence-electron chi connectivity index (χ0n) is 17.8. The van der Waals surface area contributed by atoms with Crippen molar-refractivity contribution < 1.29 is 13.9 Å². The molecule has 2 aliphatic rings. The van der Waals surface area contributed by atoms with E-state index in [9.17, 15) is 20.6 Å². The van der Waals surface area contributed by atoms with Gasteiger partial charge in [-0.3, -0.25) is 0 Å². The molecule has 0 saturated carbocycles. The van der Waals surface area contributed by atoms with Crippen LogP contribution in [0.1, 0.15) is 32.3 Å². The predicted molar refractivity (Wildman–Crippen MR) is 117 cm³/mol. The molecule has 3 rings (SSSR count). The Morgan fingerprint density at radius 1 is 1.31 bits per heavy atom. The molecule has 1 aromatic carbocycles. The summed E-state index contributed by atoms with van der Waals surface area (Å²) in [5.41, 5.74) is 3.91. The Hall–Kier alpha value is -3.35. The second kappa shape index (κ2) is 8.30. The second-order valence-corrected chi connectivity index (χ2v) is 9.64. The highest BCUT2D eigenvalue weighted by Crippen LogP contribution is 2.54. The molecule has 2 atom stereocenters. The van der Waals surface area contributed by atoms with Crippen molar-refractivity contribution in [2.75, 3.05) is 13.1 Å². The standard InChI is InChI=1S/C23H21BrFN5O2/c1-22(2,3)32-21(31)30-7-6-14-16(9-26)20(29)23(11-27,12-28)19(17(14)10-30)15-8-13(24)4-5-18(15)25/h4-6,8,17,19H,7,10,29H2,1-3H3/t17-,19+/m1/s1. The van der Waals surface area contributed by atoms with Gasteiger partial charge in [0, 0.05) is 29.4 Å². The van der Waals surface area contributed by atoms with Crippen LogP contribution >= 0.6 is 15.9 Å². The van der Waals surface area contributed by atoms with Crippen molar-refractivity contribution in [1.82, 2.24) is 4.90 Å². The van der Waals surface area contributed by atoms with Gasteiger partial charge in [-0.05, 0) is 50.1 Å². The summed E-state index contributed by atoms with van der Waals surface area (Å²) in [5, 5.41) is 29.9. The lowest BCUT2D eigenvalue weighted by molar-refractivity contribution is 0.0224. The molecular weight excluding hydrogens is 477 g/mol. The van der Waals surface area contributed by atoms with Crippen LogP contribution in [0.5, 0.6) is 0 Å². The van der Waals surface area contributed by atoms with Crippen molar-refractivity contribution in [2.24, 2.45) is 17.1 Å². The highest BCUT2D eigenvalue weighted by Gasteiger charge is 2.55.